The van der Waals surface area contributed by atoms with Crippen LogP contribution in [0.2, 0.25) is 0 Å². The van der Waals surface area contributed by atoms with E-state index in [2.05, 4.69) is 15.5 Å². The van der Waals surface area contributed by atoms with E-state index in [9.17, 15) is 4.79 Å². The van der Waals surface area contributed by atoms with Crippen molar-refractivity contribution in [2.45, 2.75) is 6.54 Å². The molecular formula is C13H13N3O. The van der Waals surface area contributed by atoms with E-state index in [4.69, 9.17) is 0 Å². The predicted octanol–water partition coefficient (Wildman–Crippen LogP) is 1.74. The third kappa shape index (κ3) is 3.61. The Morgan fingerprint density at radius 3 is 2.88 bits per heavy atom. The fourth-order valence-corrected chi connectivity index (χ4v) is 1.36. The fraction of sp³-hybridized carbons (Fsp3) is 0.0769. The van der Waals surface area contributed by atoms with Crippen LogP contribution in [-0.2, 0) is 11.3 Å². The van der Waals surface area contributed by atoms with Crippen LogP contribution in [0.1, 0.15) is 11.1 Å². The molecule has 0 aliphatic carbocycles. The molecule has 1 aromatic carbocycles. The largest absolute Gasteiger partial charge is 0.348 e. The minimum Gasteiger partial charge on any atom is -0.348 e. The van der Waals surface area contributed by atoms with Crippen molar-refractivity contribution in [2.75, 3.05) is 0 Å². The van der Waals surface area contributed by atoms with Crippen LogP contribution in [0.25, 0.3) is 6.08 Å². The summed E-state index contributed by atoms with van der Waals surface area (Å²) in [6.45, 7) is 0.481. The van der Waals surface area contributed by atoms with Crippen molar-refractivity contribution in [3.05, 3.63) is 59.9 Å². The molecule has 86 valence electrons. The molecule has 4 heteroatoms. The Labute approximate surface area is 99.4 Å². The topological polar surface area (TPSA) is 57.8 Å². The number of carbonyl (C=O) groups excluding carboxylic acids is 1. The van der Waals surface area contributed by atoms with Gasteiger partial charge in [0.2, 0.25) is 5.91 Å². The third-order valence-electron chi connectivity index (χ3n) is 2.25. The first-order valence-corrected chi connectivity index (χ1v) is 5.33. The van der Waals surface area contributed by atoms with Crippen molar-refractivity contribution in [3.8, 4) is 0 Å². The van der Waals surface area contributed by atoms with Crippen LogP contribution in [0.3, 0.4) is 0 Å². The average Bonchev–Trinajstić information content (AvgIpc) is 2.88. The van der Waals surface area contributed by atoms with Gasteiger partial charge in [0.25, 0.3) is 0 Å². The van der Waals surface area contributed by atoms with Crippen LogP contribution in [0.15, 0.2) is 48.8 Å². The van der Waals surface area contributed by atoms with Gasteiger partial charge < -0.3 is 5.32 Å². The van der Waals surface area contributed by atoms with Crippen molar-refractivity contribution < 1.29 is 4.79 Å². The molecule has 1 aromatic heterocycles. The van der Waals surface area contributed by atoms with Crippen molar-refractivity contribution >= 4 is 12.0 Å². The number of nitrogens with zero attached hydrogens (tertiary/aromatic N) is 1. The van der Waals surface area contributed by atoms with Gasteiger partial charge in [0.15, 0.2) is 0 Å². The Balaban J connectivity index is 1.83. The lowest BCUT2D eigenvalue weighted by Crippen LogP contribution is -2.19. The van der Waals surface area contributed by atoms with Crippen molar-refractivity contribution in [1.82, 2.24) is 15.5 Å². The zero-order valence-electron chi connectivity index (χ0n) is 9.26. The van der Waals surface area contributed by atoms with Gasteiger partial charge in [-0.2, -0.15) is 5.10 Å². The van der Waals surface area contributed by atoms with E-state index >= 15 is 0 Å². The monoisotopic (exact) mass is 227 g/mol. The molecule has 0 aliphatic heterocycles. The van der Waals surface area contributed by atoms with Gasteiger partial charge in [0, 0.05) is 24.4 Å². The summed E-state index contributed by atoms with van der Waals surface area (Å²) in [4.78, 5) is 11.5. The van der Waals surface area contributed by atoms with Crippen molar-refractivity contribution in [3.63, 3.8) is 0 Å². The van der Waals surface area contributed by atoms with Gasteiger partial charge in [-0.1, -0.05) is 30.3 Å². The van der Waals surface area contributed by atoms with Crippen LogP contribution in [-0.4, -0.2) is 16.1 Å². The number of nitrogens with one attached hydrogen (secondary N) is 2. The highest BCUT2D eigenvalue weighted by atomic mass is 16.1. The molecule has 0 unspecified atom stereocenters. The van der Waals surface area contributed by atoms with Crippen LogP contribution >= 0.6 is 0 Å². The first kappa shape index (κ1) is 11.1. The van der Waals surface area contributed by atoms with E-state index in [1.807, 2.05) is 30.3 Å². The average molecular weight is 227 g/mol. The molecule has 0 fully saturated rings. The molecule has 2 N–H and O–H groups in total. The Hall–Kier alpha value is -2.36. The van der Waals surface area contributed by atoms with Gasteiger partial charge in [-0.25, -0.2) is 0 Å². The molecule has 0 saturated heterocycles. The second kappa shape index (κ2) is 5.65. The summed E-state index contributed by atoms with van der Waals surface area (Å²) in [6, 6.07) is 9.70. The summed E-state index contributed by atoms with van der Waals surface area (Å²) < 4.78 is 0. The molecule has 1 heterocycles. The standard InChI is InChI=1S/C13H13N3O/c17-13(14-8-12-9-15-16-10-12)7-6-11-4-2-1-3-5-11/h1-7,9-10H,8H2,(H,14,17)(H,15,16)/b7-6+. The van der Waals surface area contributed by atoms with Crippen LogP contribution < -0.4 is 5.32 Å². The highest BCUT2D eigenvalue weighted by molar-refractivity contribution is 5.91. The highest BCUT2D eigenvalue weighted by Crippen LogP contribution is 2.00. The van der Waals surface area contributed by atoms with Gasteiger partial charge >= 0.3 is 0 Å². The van der Waals surface area contributed by atoms with Crippen LogP contribution in [0.5, 0.6) is 0 Å². The lowest BCUT2D eigenvalue weighted by molar-refractivity contribution is -0.116. The molecule has 0 bridgehead atoms. The number of benzene rings is 1. The van der Waals surface area contributed by atoms with E-state index in [0.717, 1.165) is 11.1 Å². The molecule has 0 saturated carbocycles. The predicted molar refractivity (Wildman–Crippen MR) is 65.9 cm³/mol. The van der Waals surface area contributed by atoms with Gasteiger partial charge in [0.05, 0.1) is 6.20 Å². The third-order valence-corrected chi connectivity index (χ3v) is 2.25. The summed E-state index contributed by atoms with van der Waals surface area (Å²) in [5, 5.41) is 9.26. The number of amides is 1. The number of rotatable bonds is 4. The Kier molecular flexibility index (Phi) is 3.70. The number of aromatic nitrogens is 2. The first-order chi connectivity index (χ1) is 8.34. The number of aromatic amines is 1. The van der Waals surface area contributed by atoms with Gasteiger partial charge in [-0.05, 0) is 11.6 Å². The summed E-state index contributed by atoms with van der Waals surface area (Å²) in [7, 11) is 0. The highest BCUT2D eigenvalue weighted by Gasteiger charge is 1.96. The molecule has 0 aliphatic rings. The number of carbonyl (C=O) groups is 1. The molecule has 4 nitrogen and oxygen atoms in total. The Morgan fingerprint density at radius 1 is 1.35 bits per heavy atom. The molecule has 2 rings (SSSR count). The van der Waals surface area contributed by atoms with Gasteiger partial charge in [0.1, 0.15) is 0 Å². The molecule has 0 radical (unpaired) electrons. The second-order valence-electron chi connectivity index (χ2n) is 3.57. The quantitative estimate of drug-likeness (QED) is 0.782. The zero-order valence-corrected chi connectivity index (χ0v) is 9.26. The van der Waals surface area contributed by atoms with Crippen LogP contribution in [0, 0.1) is 0 Å². The first-order valence-electron chi connectivity index (χ1n) is 5.33. The van der Waals surface area contributed by atoms with Gasteiger partial charge in [-0.3, -0.25) is 9.89 Å². The normalized spacial score (nSPS) is 10.6. The number of H-pyrrole nitrogens is 1. The maximum Gasteiger partial charge on any atom is 0.244 e. The smallest absolute Gasteiger partial charge is 0.244 e. The van der Waals surface area contributed by atoms with Crippen molar-refractivity contribution in [1.29, 1.82) is 0 Å². The second-order valence-corrected chi connectivity index (χ2v) is 3.57. The lowest BCUT2D eigenvalue weighted by Gasteiger charge is -1.98. The summed E-state index contributed by atoms with van der Waals surface area (Å²) >= 11 is 0. The fourth-order valence-electron chi connectivity index (χ4n) is 1.36. The minimum absolute atomic E-state index is 0.116. The van der Waals surface area contributed by atoms with Crippen molar-refractivity contribution in [2.24, 2.45) is 0 Å². The molecule has 0 atom stereocenters. The lowest BCUT2D eigenvalue weighted by atomic mass is 10.2. The number of hydrogen-bond donors (Lipinski definition) is 2. The van der Waals surface area contributed by atoms with E-state index in [-0.39, 0.29) is 5.91 Å². The van der Waals surface area contributed by atoms with Gasteiger partial charge in [-0.15, -0.1) is 0 Å². The molecule has 2 aromatic rings. The molecule has 1 amide bonds. The summed E-state index contributed by atoms with van der Waals surface area (Å²) in [5.41, 5.74) is 1.96. The molecule has 17 heavy (non-hydrogen) atoms. The maximum atomic E-state index is 11.5. The minimum atomic E-state index is -0.116. The Morgan fingerprint density at radius 2 is 2.18 bits per heavy atom. The summed E-state index contributed by atoms with van der Waals surface area (Å²) in [5.74, 6) is -0.116. The van der Waals surface area contributed by atoms with E-state index in [1.54, 1.807) is 18.5 Å². The summed E-state index contributed by atoms with van der Waals surface area (Å²) in [6.07, 6.45) is 6.74. The van der Waals surface area contributed by atoms with E-state index in [1.165, 1.54) is 6.08 Å². The molecular weight excluding hydrogens is 214 g/mol. The SMILES string of the molecule is O=C(/C=C/c1ccccc1)NCc1cn[nH]c1. The zero-order chi connectivity index (χ0) is 11.9. The molecule has 0 spiro atoms. The maximum absolute atomic E-state index is 11.5. The van der Waals surface area contributed by atoms with Crippen LogP contribution in [0.4, 0.5) is 0 Å². The Bertz CT molecular complexity index is 489. The number of hydrogen-bond acceptors (Lipinski definition) is 2. The van der Waals surface area contributed by atoms with E-state index in [0.29, 0.717) is 6.54 Å². The van der Waals surface area contributed by atoms with E-state index < -0.39 is 0 Å².